The van der Waals surface area contributed by atoms with Crippen molar-refractivity contribution >= 4 is 11.9 Å². The Bertz CT molecular complexity index is 446. The van der Waals surface area contributed by atoms with Crippen molar-refractivity contribution in [3.8, 4) is 0 Å². The lowest BCUT2D eigenvalue weighted by Gasteiger charge is -2.31. The molecule has 0 aliphatic rings. The van der Waals surface area contributed by atoms with E-state index >= 15 is 0 Å². The molecule has 0 aliphatic heterocycles. The Morgan fingerprint density at radius 3 is 2.30 bits per heavy atom. The number of esters is 2. The van der Waals surface area contributed by atoms with Gasteiger partial charge in [0.2, 0.25) is 0 Å². The third-order valence-corrected chi connectivity index (χ3v) is 4.45. The molecule has 0 radical (unpaired) electrons. The summed E-state index contributed by atoms with van der Waals surface area (Å²) in [5.41, 5.74) is -0.317. The number of ether oxygens (including phenoxy) is 3. The Morgan fingerprint density at radius 2 is 1.74 bits per heavy atom. The van der Waals surface area contributed by atoms with Gasteiger partial charge in [0.15, 0.2) is 0 Å². The van der Waals surface area contributed by atoms with Crippen LogP contribution in [0.15, 0.2) is 12.2 Å². The van der Waals surface area contributed by atoms with Gasteiger partial charge in [-0.15, -0.1) is 0 Å². The predicted molar refractivity (Wildman–Crippen MR) is 105 cm³/mol. The molecule has 0 amide bonds. The van der Waals surface area contributed by atoms with Crippen molar-refractivity contribution < 1.29 is 28.9 Å². The Kier molecular flexibility index (Phi) is 13.9. The number of hydrogen-bond acceptors (Lipinski definition) is 6. The number of hydrogen-bond donors (Lipinski definition) is 1. The summed E-state index contributed by atoms with van der Waals surface area (Å²) in [5.74, 6) is -0.0415. The van der Waals surface area contributed by atoms with Gasteiger partial charge in [0.25, 0.3) is 0 Å². The first-order valence-corrected chi connectivity index (χ1v) is 9.93. The summed E-state index contributed by atoms with van der Waals surface area (Å²) in [7, 11) is 0. The van der Waals surface area contributed by atoms with Crippen LogP contribution in [0.25, 0.3) is 0 Å². The molecule has 1 atom stereocenters. The van der Waals surface area contributed by atoms with Crippen LogP contribution < -0.4 is 0 Å². The van der Waals surface area contributed by atoms with Crippen molar-refractivity contribution in [1.29, 1.82) is 0 Å². The Hall–Kier alpha value is -1.40. The van der Waals surface area contributed by atoms with E-state index in [-0.39, 0.29) is 39.0 Å². The van der Waals surface area contributed by atoms with Crippen LogP contribution in [0.3, 0.4) is 0 Å². The van der Waals surface area contributed by atoms with Crippen molar-refractivity contribution in [1.82, 2.24) is 0 Å². The van der Waals surface area contributed by atoms with Crippen LogP contribution in [-0.4, -0.2) is 50.1 Å². The Labute approximate surface area is 164 Å². The SMILES string of the molecule is C=C(C)C(=O)OCC(CC)(COCCO)COC(=O)CCCCCC(C)C. The van der Waals surface area contributed by atoms with Gasteiger partial charge in [-0.1, -0.05) is 46.6 Å². The monoisotopic (exact) mass is 386 g/mol. The van der Waals surface area contributed by atoms with Crippen LogP contribution in [0.4, 0.5) is 0 Å². The van der Waals surface area contributed by atoms with E-state index in [1.54, 1.807) is 6.92 Å². The summed E-state index contributed by atoms with van der Waals surface area (Å²) in [6.07, 6.45) is 5.11. The van der Waals surface area contributed by atoms with Crippen LogP contribution in [0.5, 0.6) is 0 Å². The van der Waals surface area contributed by atoms with Crippen molar-refractivity contribution in [2.75, 3.05) is 33.0 Å². The van der Waals surface area contributed by atoms with Crippen LogP contribution in [0.1, 0.15) is 66.2 Å². The van der Waals surface area contributed by atoms with Gasteiger partial charge < -0.3 is 19.3 Å². The summed E-state index contributed by atoms with van der Waals surface area (Å²) < 4.78 is 16.2. The predicted octanol–water partition coefficient (Wildman–Crippen LogP) is 3.66. The Balaban J connectivity index is 4.52. The lowest BCUT2D eigenvalue weighted by Crippen LogP contribution is -2.38. The molecular formula is C21H38O6. The fourth-order valence-electron chi connectivity index (χ4n) is 2.43. The zero-order valence-electron chi connectivity index (χ0n) is 17.6. The Morgan fingerprint density at radius 1 is 1.07 bits per heavy atom. The van der Waals surface area contributed by atoms with E-state index in [2.05, 4.69) is 20.4 Å². The minimum Gasteiger partial charge on any atom is -0.465 e. The van der Waals surface area contributed by atoms with Crippen LogP contribution in [0, 0.1) is 11.3 Å². The molecule has 1 unspecified atom stereocenters. The maximum atomic E-state index is 12.1. The fraction of sp³-hybridized carbons (Fsp3) is 0.810. The zero-order chi connectivity index (χ0) is 20.7. The minimum atomic E-state index is -0.631. The molecule has 0 rings (SSSR count). The van der Waals surface area contributed by atoms with Gasteiger partial charge in [0, 0.05) is 12.0 Å². The summed E-state index contributed by atoms with van der Waals surface area (Å²) in [6.45, 7) is 12.0. The molecule has 6 nitrogen and oxygen atoms in total. The number of carbonyl (C=O) groups is 2. The molecule has 0 saturated heterocycles. The number of carbonyl (C=O) groups excluding carboxylic acids is 2. The van der Waals surface area contributed by atoms with Gasteiger partial charge in [-0.05, 0) is 25.7 Å². The highest BCUT2D eigenvalue weighted by atomic mass is 16.6. The number of rotatable bonds is 16. The van der Waals surface area contributed by atoms with E-state index in [9.17, 15) is 9.59 Å². The van der Waals surface area contributed by atoms with Crippen molar-refractivity contribution in [3.05, 3.63) is 12.2 Å². The van der Waals surface area contributed by atoms with E-state index in [0.717, 1.165) is 19.3 Å². The van der Waals surface area contributed by atoms with Crippen LogP contribution >= 0.6 is 0 Å². The molecule has 1 N–H and O–H groups in total. The first-order chi connectivity index (χ1) is 12.8. The number of aliphatic hydroxyl groups is 1. The van der Waals surface area contributed by atoms with Gasteiger partial charge in [-0.25, -0.2) is 4.79 Å². The third-order valence-electron chi connectivity index (χ3n) is 4.45. The summed E-state index contributed by atoms with van der Waals surface area (Å²) in [6, 6.07) is 0. The second kappa shape index (κ2) is 14.6. The first kappa shape index (κ1) is 25.6. The van der Waals surface area contributed by atoms with Crippen LogP contribution in [-0.2, 0) is 23.8 Å². The first-order valence-electron chi connectivity index (χ1n) is 9.93. The summed E-state index contributed by atoms with van der Waals surface area (Å²) in [5, 5.41) is 8.91. The summed E-state index contributed by atoms with van der Waals surface area (Å²) in [4.78, 5) is 23.8. The quantitative estimate of drug-likeness (QED) is 0.248. The highest BCUT2D eigenvalue weighted by Gasteiger charge is 2.32. The maximum absolute atomic E-state index is 12.1. The van der Waals surface area contributed by atoms with E-state index in [4.69, 9.17) is 19.3 Å². The normalized spacial score (nSPS) is 13.3. The molecule has 158 valence electrons. The second-order valence-electron chi connectivity index (χ2n) is 7.64. The van der Waals surface area contributed by atoms with E-state index < -0.39 is 11.4 Å². The smallest absolute Gasteiger partial charge is 0.333 e. The molecule has 0 spiro atoms. The highest BCUT2D eigenvalue weighted by Crippen LogP contribution is 2.25. The molecule has 0 aromatic rings. The molecule has 0 fully saturated rings. The van der Waals surface area contributed by atoms with Crippen LogP contribution in [0.2, 0.25) is 0 Å². The van der Waals surface area contributed by atoms with Gasteiger partial charge in [0.1, 0.15) is 13.2 Å². The minimum absolute atomic E-state index is 0.0717. The van der Waals surface area contributed by atoms with Gasteiger partial charge >= 0.3 is 11.9 Å². The number of unbranched alkanes of at least 4 members (excludes halogenated alkanes) is 2. The number of aliphatic hydroxyl groups excluding tert-OH is 1. The molecule has 0 heterocycles. The molecule has 0 aromatic heterocycles. The largest absolute Gasteiger partial charge is 0.465 e. The lowest BCUT2D eigenvalue weighted by molar-refractivity contribution is -0.156. The lowest BCUT2D eigenvalue weighted by atomic mass is 9.88. The van der Waals surface area contributed by atoms with E-state index in [1.807, 2.05) is 6.92 Å². The van der Waals surface area contributed by atoms with Gasteiger partial charge in [-0.3, -0.25) is 4.79 Å². The van der Waals surface area contributed by atoms with Gasteiger partial charge in [0.05, 0.1) is 25.2 Å². The molecule has 0 aliphatic carbocycles. The molecule has 27 heavy (non-hydrogen) atoms. The average Bonchev–Trinajstić information content (AvgIpc) is 2.62. The molecular weight excluding hydrogens is 348 g/mol. The topological polar surface area (TPSA) is 82.1 Å². The zero-order valence-corrected chi connectivity index (χ0v) is 17.6. The molecule has 6 heteroatoms. The average molecular weight is 387 g/mol. The van der Waals surface area contributed by atoms with Crippen molar-refractivity contribution in [3.63, 3.8) is 0 Å². The fourth-order valence-corrected chi connectivity index (χ4v) is 2.43. The molecule has 0 saturated carbocycles. The molecule has 0 aromatic carbocycles. The summed E-state index contributed by atoms with van der Waals surface area (Å²) >= 11 is 0. The third kappa shape index (κ3) is 12.6. The highest BCUT2D eigenvalue weighted by molar-refractivity contribution is 5.86. The standard InChI is InChI=1S/C21H38O6/c1-6-21(14-25-13-12-22,16-27-20(24)18(4)5)15-26-19(23)11-9-7-8-10-17(2)3/h17,22H,4,6-16H2,1-3,5H3. The van der Waals surface area contributed by atoms with Crippen molar-refractivity contribution in [2.24, 2.45) is 11.3 Å². The van der Waals surface area contributed by atoms with Crippen molar-refractivity contribution in [2.45, 2.75) is 66.2 Å². The molecule has 0 bridgehead atoms. The van der Waals surface area contributed by atoms with Gasteiger partial charge in [-0.2, -0.15) is 0 Å². The van der Waals surface area contributed by atoms with E-state index in [1.165, 1.54) is 6.42 Å². The second-order valence-corrected chi connectivity index (χ2v) is 7.64. The van der Waals surface area contributed by atoms with E-state index in [0.29, 0.717) is 24.3 Å². The maximum Gasteiger partial charge on any atom is 0.333 e.